The smallest absolute Gasteiger partial charge is 0.0616 e. The number of hydrogen-bond acceptors (Lipinski definition) is 2. The van der Waals surface area contributed by atoms with E-state index in [1.807, 2.05) is 0 Å². The second-order valence-corrected chi connectivity index (χ2v) is 5.03. The highest BCUT2D eigenvalue weighted by molar-refractivity contribution is 4.97. The van der Waals surface area contributed by atoms with Gasteiger partial charge in [0.15, 0.2) is 0 Å². The maximum Gasteiger partial charge on any atom is 0.0616 e. The first kappa shape index (κ1) is 10.4. The molecule has 2 fully saturated rings. The van der Waals surface area contributed by atoms with Gasteiger partial charge in [-0.05, 0) is 38.1 Å². The SMILES string of the molecule is OCC1(C2CCCCC2)CCCCN1. The van der Waals surface area contributed by atoms with Crippen molar-refractivity contribution in [3.8, 4) is 0 Å². The number of rotatable bonds is 2. The summed E-state index contributed by atoms with van der Waals surface area (Å²) in [7, 11) is 0. The Kier molecular flexibility index (Phi) is 3.45. The summed E-state index contributed by atoms with van der Waals surface area (Å²) in [6.07, 6.45) is 10.6. The molecule has 0 spiro atoms. The van der Waals surface area contributed by atoms with Crippen LogP contribution in [0.25, 0.3) is 0 Å². The van der Waals surface area contributed by atoms with Crippen LogP contribution < -0.4 is 5.32 Å². The van der Waals surface area contributed by atoms with Gasteiger partial charge in [0.05, 0.1) is 6.61 Å². The highest BCUT2D eigenvalue weighted by Gasteiger charge is 2.39. The number of nitrogens with one attached hydrogen (secondary N) is 1. The monoisotopic (exact) mass is 197 g/mol. The van der Waals surface area contributed by atoms with Crippen molar-refractivity contribution >= 4 is 0 Å². The van der Waals surface area contributed by atoms with Crippen molar-refractivity contribution in [1.29, 1.82) is 0 Å². The van der Waals surface area contributed by atoms with Gasteiger partial charge in [0.25, 0.3) is 0 Å². The molecule has 2 N–H and O–H groups in total. The maximum atomic E-state index is 9.63. The molecule has 1 heterocycles. The fourth-order valence-corrected chi connectivity index (χ4v) is 3.26. The van der Waals surface area contributed by atoms with Crippen LogP contribution in [0, 0.1) is 5.92 Å². The molecule has 0 aromatic heterocycles. The molecule has 0 aromatic rings. The Bertz CT molecular complexity index is 169. The van der Waals surface area contributed by atoms with Gasteiger partial charge < -0.3 is 10.4 Å². The zero-order valence-electron chi connectivity index (χ0n) is 9.10. The molecule has 1 atom stereocenters. The molecule has 82 valence electrons. The lowest BCUT2D eigenvalue weighted by Gasteiger charge is -2.45. The molecule has 2 heteroatoms. The molecule has 0 bridgehead atoms. The van der Waals surface area contributed by atoms with Gasteiger partial charge in [-0.2, -0.15) is 0 Å². The normalized spacial score (nSPS) is 35.8. The molecular formula is C12H23NO. The third kappa shape index (κ3) is 1.96. The van der Waals surface area contributed by atoms with Crippen molar-refractivity contribution in [2.75, 3.05) is 13.2 Å². The minimum Gasteiger partial charge on any atom is -0.394 e. The van der Waals surface area contributed by atoms with Crippen LogP contribution in [-0.2, 0) is 0 Å². The number of hydrogen-bond donors (Lipinski definition) is 2. The van der Waals surface area contributed by atoms with Crippen LogP contribution in [0.1, 0.15) is 51.4 Å². The molecule has 2 aliphatic rings. The molecule has 2 rings (SSSR count). The first-order valence-corrected chi connectivity index (χ1v) is 6.23. The summed E-state index contributed by atoms with van der Waals surface area (Å²) in [6.45, 7) is 1.45. The van der Waals surface area contributed by atoms with Crippen LogP contribution in [-0.4, -0.2) is 23.8 Å². The van der Waals surface area contributed by atoms with E-state index in [0.29, 0.717) is 6.61 Å². The highest BCUT2D eigenvalue weighted by Crippen LogP contribution is 2.36. The maximum absolute atomic E-state index is 9.63. The van der Waals surface area contributed by atoms with Gasteiger partial charge in [-0.1, -0.05) is 25.7 Å². The van der Waals surface area contributed by atoms with Crippen molar-refractivity contribution in [3.05, 3.63) is 0 Å². The summed E-state index contributed by atoms with van der Waals surface area (Å²) in [6, 6.07) is 0. The molecule has 14 heavy (non-hydrogen) atoms. The number of aliphatic hydroxyl groups is 1. The third-order valence-corrected chi connectivity index (χ3v) is 4.20. The quantitative estimate of drug-likeness (QED) is 0.710. The van der Waals surface area contributed by atoms with Gasteiger partial charge in [0, 0.05) is 5.54 Å². The Hall–Kier alpha value is -0.0800. The Morgan fingerprint density at radius 2 is 1.86 bits per heavy atom. The van der Waals surface area contributed by atoms with Crippen molar-refractivity contribution in [3.63, 3.8) is 0 Å². The Labute approximate surface area is 87.1 Å². The second-order valence-electron chi connectivity index (χ2n) is 5.03. The van der Waals surface area contributed by atoms with Gasteiger partial charge >= 0.3 is 0 Å². The van der Waals surface area contributed by atoms with Crippen LogP contribution >= 0.6 is 0 Å². The van der Waals surface area contributed by atoms with Crippen molar-refractivity contribution in [2.45, 2.75) is 56.9 Å². The molecule has 0 radical (unpaired) electrons. The lowest BCUT2D eigenvalue weighted by molar-refractivity contribution is 0.0581. The molecule has 1 aliphatic carbocycles. The molecule has 1 saturated carbocycles. The molecular weight excluding hydrogens is 174 g/mol. The first-order valence-electron chi connectivity index (χ1n) is 6.23. The van der Waals surface area contributed by atoms with E-state index in [4.69, 9.17) is 0 Å². The average molecular weight is 197 g/mol. The predicted octanol–water partition coefficient (Wildman–Crippen LogP) is 2.07. The van der Waals surface area contributed by atoms with Crippen LogP contribution in [0.5, 0.6) is 0 Å². The molecule has 1 aliphatic heterocycles. The lowest BCUT2D eigenvalue weighted by atomic mass is 9.71. The minimum atomic E-state index is 0.0959. The van der Waals surface area contributed by atoms with Gasteiger partial charge in [-0.3, -0.25) is 0 Å². The van der Waals surface area contributed by atoms with Crippen molar-refractivity contribution in [1.82, 2.24) is 5.32 Å². The van der Waals surface area contributed by atoms with Crippen molar-refractivity contribution in [2.24, 2.45) is 5.92 Å². The van der Waals surface area contributed by atoms with E-state index >= 15 is 0 Å². The minimum absolute atomic E-state index is 0.0959. The fourth-order valence-electron chi connectivity index (χ4n) is 3.26. The van der Waals surface area contributed by atoms with E-state index < -0.39 is 0 Å². The molecule has 0 aromatic carbocycles. The summed E-state index contributed by atoms with van der Waals surface area (Å²) in [5.74, 6) is 0.738. The Balaban J connectivity index is 2.01. The van der Waals surface area contributed by atoms with Crippen LogP contribution in [0.2, 0.25) is 0 Å². The standard InChI is InChI=1S/C12H23NO/c14-10-12(8-4-5-9-13-12)11-6-2-1-3-7-11/h11,13-14H,1-10H2. The van der Waals surface area contributed by atoms with Crippen LogP contribution in [0.3, 0.4) is 0 Å². The summed E-state index contributed by atoms with van der Waals surface area (Å²) in [5, 5.41) is 13.2. The van der Waals surface area contributed by atoms with E-state index in [1.165, 1.54) is 51.4 Å². The lowest BCUT2D eigenvalue weighted by Crippen LogP contribution is -2.57. The zero-order chi connectivity index (χ0) is 9.86. The fraction of sp³-hybridized carbons (Fsp3) is 1.00. The molecule has 1 saturated heterocycles. The molecule has 1 unspecified atom stereocenters. The number of aliphatic hydroxyl groups excluding tert-OH is 1. The summed E-state index contributed by atoms with van der Waals surface area (Å²) in [4.78, 5) is 0. The zero-order valence-corrected chi connectivity index (χ0v) is 9.10. The second kappa shape index (κ2) is 4.63. The third-order valence-electron chi connectivity index (χ3n) is 4.20. The summed E-state index contributed by atoms with van der Waals surface area (Å²) >= 11 is 0. The van der Waals surface area contributed by atoms with Gasteiger partial charge in [-0.15, -0.1) is 0 Å². The first-order chi connectivity index (χ1) is 6.87. The average Bonchev–Trinajstić information content (AvgIpc) is 2.31. The summed E-state index contributed by atoms with van der Waals surface area (Å²) < 4.78 is 0. The van der Waals surface area contributed by atoms with Gasteiger partial charge in [-0.25, -0.2) is 0 Å². The summed E-state index contributed by atoms with van der Waals surface area (Å²) in [5.41, 5.74) is 0.0959. The van der Waals surface area contributed by atoms with E-state index in [2.05, 4.69) is 5.32 Å². The van der Waals surface area contributed by atoms with E-state index in [1.54, 1.807) is 0 Å². The molecule has 2 nitrogen and oxygen atoms in total. The van der Waals surface area contributed by atoms with E-state index in [9.17, 15) is 5.11 Å². The van der Waals surface area contributed by atoms with Gasteiger partial charge in [0.1, 0.15) is 0 Å². The predicted molar refractivity (Wildman–Crippen MR) is 58.2 cm³/mol. The number of piperidine rings is 1. The topological polar surface area (TPSA) is 32.3 Å². The Morgan fingerprint density at radius 1 is 1.07 bits per heavy atom. The van der Waals surface area contributed by atoms with E-state index in [-0.39, 0.29) is 5.54 Å². The van der Waals surface area contributed by atoms with Gasteiger partial charge in [0.2, 0.25) is 0 Å². The highest BCUT2D eigenvalue weighted by atomic mass is 16.3. The van der Waals surface area contributed by atoms with Crippen LogP contribution in [0.15, 0.2) is 0 Å². The molecule has 0 amide bonds. The largest absolute Gasteiger partial charge is 0.394 e. The van der Waals surface area contributed by atoms with Crippen LogP contribution in [0.4, 0.5) is 0 Å². The van der Waals surface area contributed by atoms with E-state index in [0.717, 1.165) is 12.5 Å². The Morgan fingerprint density at radius 3 is 2.43 bits per heavy atom. The van der Waals surface area contributed by atoms with Crippen molar-refractivity contribution < 1.29 is 5.11 Å².